The van der Waals surface area contributed by atoms with E-state index in [4.69, 9.17) is 9.72 Å². The zero-order valence-electron chi connectivity index (χ0n) is 20.6. The Labute approximate surface area is 202 Å². The largest absolute Gasteiger partial charge is 0.457 e. The van der Waals surface area contributed by atoms with Gasteiger partial charge in [-0.15, -0.1) is 0 Å². The first kappa shape index (κ1) is 22.4. The van der Waals surface area contributed by atoms with Gasteiger partial charge in [-0.2, -0.15) is 0 Å². The number of para-hydroxylation sites is 2. The highest BCUT2D eigenvalue weighted by Gasteiger charge is 2.24. The zero-order chi connectivity index (χ0) is 23.7. The van der Waals surface area contributed by atoms with Gasteiger partial charge in [-0.25, -0.2) is 4.98 Å². The monoisotopic (exact) mass is 451 g/mol. The molecule has 4 nitrogen and oxygen atoms in total. The first-order chi connectivity index (χ1) is 16.4. The lowest BCUT2D eigenvalue weighted by Crippen LogP contribution is -2.31. The van der Waals surface area contributed by atoms with Crippen LogP contribution in [-0.2, 0) is 32.0 Å². The van der Waals surface area contributed by atoms with Crippen LogP contribution in [0.2, 0.25) is 0 Å². The van der Waals surface area contributed by atoms with Crippen molar-refractivity contribution in [1.29, 1.82) is 0 Å². The second-order valence-electron chi connectivity index (χ2n) is 10.2. The maximum Gasteiger partial charge on any atom is 0.140 e. The van der Waals surface area contributed by atoms with Crippen LogP contribution in [0, 0.1) is 0 Å². The zero-order valence-corrected chi connectivity index (χ0v) is 20.6. The average Bonchev–Trinajstić information content (AvgIpc) is 3.16. The summed E-state index contributed by atoms with van der Waals surface area (Å²) in [5.41, 5.74) is 6.41. The molecule has 0 radical (unpaired) electrons. The molecule has 174 valence electrons. The molecular formula is C30H33N3O. The Hall–Kier alpha value is -3.37. The Bertz CT molecular complexity index is 1270. The Balaban J connectivity index is 1.34. The van der Waals surface area contributed by atoms with E-state index in [0.29, 0.717) is 0 Å². The van der Waals surface area contributed by atoms with Crippen LogP contribution in [0.5, 0.6) is 11.5 Å². The van der Waals surface area contributed by atoms with Gasteiger partial charge in [0.2, 0.25) is 0 Å². The van der Waals surface area contributed by atoms with Crippen LogP contribution in [0.4, 0.5) is 0 Å². The number of fused-ring (bicyclic) bond motifs is 1. The van der Waals surface area contributed by atoms with Crippen LogP contribution >= 0.6 is 0 Å². The summed E-state index contributed by atoms with van der Waals surface area (Å²) in [4.78, 5) is 7.53. The molecule has 1 aromatic heterocycles. The van der Waals surface area contributed by atoms with E-state index in [0.717, 1.165) is 43.4 Å². The molecule has 1 aliphatic heterocycles. The van der Waals surface area contributed by atoms with Gasteiger partial charge in [0.25, 0.3) is 0 Å². The van der Waals surface area contributed by atoms with Gasteiger partial charge in [-0.05, 0) is 29.2 Å². The summed E-state index contributed by atoms with van der Waals surface area (Å²) in [6, 6.07) is 27.2. The minimum absolute atomic E-state index is 0.153. The van der Waals surface area contributed by atoms with Gasteiger partial charge < -0.3 is 9.30 Å². The van der Waals surface area contributed by atoms with E-state index < -0.39 is 0 Å². The quantitative estimate of drug-likeness (QED) is 0.337. The van der Waals surface area contributed by atoms with Crippen LogP contribution in [-0.4, -0.2) is 21.0 Å². The van der Waals surface area contributed by atoms with Crippen molar-refractivity contribution >= 4 is 0 Å². The summed E-state index contributed by atoms with van der Waals surface area (Å²) in [6.45, 7) is 9.48. The number of ether oxygens (including phenoxy) is 1. The molecule has 0 fully saturated rings. The van der Waals surface area contributed by atoms with Crippen LogP contribution in [0.3, 0.4) is 0 Å². The topological polar surface area (TPSA) is 30.3 Å². The molecule has 0 amide bonds. The summed E-state index contributed by atoms with van der Waals surface area (Å²) < 4.78 is 8.47. The normalized spacial score (nSPS) is 14.1. The second kappa shape index (κ2) is 9.11. The van der Waals surface area contributed by atoms with Crippen LogP contribution < -0.4 is 4.74 Å². The molecule has 0 atom stereocenters. The highest BCUT2D eigenvalue weighted by Crippen LogP contribution is 2.31. The summed E-state index contributed by atoms with van der Waals surface area (Å²) in [5.74, 6) is 2.84. The SMILES string of the molecule is Cn1c(-c2ccc(C(C)(C)C)cc2)nc2c1CN(Cc1ccccc1Oc1ccccc1)CC2. The molecule has 34 heavy (non-hydrogen) atoms. The van der Waals surface area contributed by atoms with Crippen molar-refractivity contribution < 1.29 is 4.74 Å². The molecule has 4 aromatic rings. The molecule has 0 unspecified atom stereocenters. The van der Waals surface area contributed by atoms with E-state index >= 15 is 0 Å². The second-order valence-corrected chi connectivity index (χ2v) is 10.2. The molecule has 0 saturated carbocycles. The van der Waals surface area contributed by atoms with Gasteiger partial charge >= 0.3 is 0 Å². The summed E-state index contributed by atoms with van der Waals surface area (Å²) in [5, 5.41) is 0. The molecule has 0 aliphatic carbocycles. The van der Waals surface area contributed by atoms with E-state index in [2.05, 4.69) is 79.8 Å². The van der Waals surface area contributed by atoms with Crippen molar-refractivity contribution in [3.8, 4) is 22.9 Å². The lowest BCUT2D eigenvalue weighted by molar-refractivity contribution is 0.236. The third kappa shape index (κ3) is 4.64. The van der Waals surface area contributed by atoms with Crippen molar-refractivity contribution in [1.82, 2.24) is 14.5 Å². The van der Waals surface area contributed by atoms with E-state index in [1.807, 2.05) is 36.4 Å². The molecule has 3 aromatic carbocycles. The van der Waals surface area contributed by atoms with Crippen LogP contribution in [0.25, 0.3) is 11.4 Å². The molecule has 0 saturated heterocycles. The number of aromatic nitrogens is 2. The van der Waals surface area contributed by atoms with Crippen LogP contribution in [0.15, 0.2) is 78.9 Å². The Morgan fingerprint density at radius 1 is 0.882 bits per heavy atom. The highest BCUT2D eigenvalue weighted by atomic mass is 16.5. The molecule has 0 spiro atoms. The number of hydrogen-bond donors (Lipinski definition) is 0. The Morgan fingerprint density at radius 3 is 2.32 bits per heavy atom. The van der Waals surface area contributed by atoms with E-state index in [9.17, 15) is 0 Å². The van der Waals surface area contributed by atoms with Crippen molar-refractivity contribution in [3.05, 3.63) is 101 Å². The maximum atomic E-state index is 6.20. The fourth-order valence-corrected chi connectivity index (χ4v) is 4.64. The van der Waals surface area contributed by atoms with Crippen molar-refractivity contribution in [2.45, 2.75) is 45.7 Å². The minimum atomic E-state index is 0.153. The molecule has 1 aliphatic rings. The lowest BCUT2D eigenvalue weighted by atomic mass is 9.87. The van der Waals surface area contributed by atoms with E-state index in [1.165, 1.54) is 28.1 Å². The third-order valence-electron chi connectivity index (χ3n) is 6.68. The molecule has 2 heterocycles. The number of hydrogen-bond acceptors (Lipinski definition) is 3. The van der Waals surface area contributed by atoms with Gasteiger partial charge in [0, 0.05) is 44.2 Å². The van der Waals surface area contributed by atoms with E-state index in [-0.39, 0.29) is 5.41 Å². The van der Waals surface area contributed by atoms with Crippen LogP contribution in [0.1, 0.15) is 43.3 Å². The highest BCUT2D eigenvalue weighted by molar-refractivity contribution is 5.58. The fraction of sp³-hybridized carbons (Fsp3) is 0.300. The number of rotatable bonds is 5. The fourth-order valence-electron chi connectivity index (χ4n) is 4.64. The van der Waals surface area contributed by atoms with Gasteiger partial charge in [0.05, 0.1) is 11.4 Å². The lowest BCUT2D eigenvalue weighted by Gasteiger charge is -2.27. The molecule has 4 heteroatoms. The summed E-state index contributed by atoms with van der Waals surface area (Å²) >= 11 is 0. The number of nitrogens with zero attached hydrogens (tertiary/aromatic N) is 3. The predicted octanol–water partition coefficient (Wildman–Crippen LogP) is 6.74. The average molecular weight is 452 g/mol. The Kier molecular flexibility index (Phi) is 6.01. The smallest absolute Gasteiger partial charge is 0.140 e. The number of benzene rings is 3. The molecule has 0 N–H and O–H groups in total. The molecular weight excluding hydrogens is 418 g/mol. The summed E-state index contributed by atoms with van der Waals surface area (Å²) in [6.07, 6.45) is 0.963. The van der Waals surface area contributed by atoms with Gasteiger partial charge in [-0.1, -0.05) is 81.4 Å². The van der Waals surface area contributed by atoms with Gasteiger partial charge in [-0.3, -0.25) is 4.90 Å². The molecule has 5 rings (SSSR count). The van der Waals surface area contributed by atoms with Crippen molar-refractivity contribution in [2.24, 2.45) is 7.05 Å². The van der Waals surface area contributed by atoms with Crippen molar-refractivity contribution in [3.63, 3.8) is 0 Å². The first-order valence-electron chi connectivity index (χ1n) is 12.1. The summed E-state index contributed by atoms with van der Waals surface area (Å²) in [7, 11) is 2.15. The Morgan fingerprint density at radius 2 is 1.59 bits per heavy atom. The minimum Gasteiger partial charge on any atom is -0.457 e. The predicted molar refractivity (Wildman–Crippen MR) is 138 cm³/mol. The van der Waals surface area contributed by atoms with E-state index in [1.54, 1.807) is 0 Å². The van der Waals surface area contributed by atoms with Crippen molar-refractivity contribution in [2.75, 3.05) is 6.54 Å². The number of imidazole rings is 1. The maximum absolute atomic E-state index is 6.20. The van der Waals surface area contributed by atoms with Gasteiger partial charge in [0.1, 0.15) is 17.3 Å². The van der Waals surface area contributed by atoms with Gasteiger partial charge in [0.15, 0.2) is 0 Å². The first-order valence-corrected chi connectivity index (χ1v) is 12.1. The standard InChI is InChI=1S/C30H33N3O/c1-30(2,3)24-16-14-22(15-17-24)29-31-26-18-19-33(21-27(26)32(29)4)20-23-10-8-9-13-28(23)34-25-11-6-5-7-12-25/h5-17H,18-21H2,1-4H3. The third-order valence-corrected chi connectivity index (χ3v) is 6.68. The molecule has 0 bridgehead atoms.